The van der Waals surface area contributed by atoms with Crippen molar-refractivity contribution < 1.29 is 0 Å². The number of hydrogen-bond donors (Lipinski definition) is 3. The van der Waals surface area contributed by atoms with Gasteiger partial charge < -0.3 is 5.73 Å². The number of halogens is 3. The molecule has 0 aromatic heterocycles. The molecule has 1 atom stereocenters. The average Bonchev–Trinajstić information content (AvgIpc) is 2.42. The Morgan fingerprint density at radius 1 is 1.15 bits per heavy atom. The number of nitrogens with one attached hydrogen (secondary N) is 1. The van der Waals surface area contributed by atoms with Gasteiger partial charge in [0.15, 0.2) is 0 Å². The molecule has 5 N–H and O–H groups in total. The molecular formula is C14H14BrCl2N3. The molecule has 2 aromatic carbocycles. The second-order valence-electron chi connectivity index (χ2n) is 4.43. The van der Waals surface area contributed by atoms with E-state index in [0.29, 0.717) is 22.2 Å². The topological polar surface area (TPSA) is 64.1 Å². The van der Waals surface area contributed by atoms with Gasteiger partial charge >= 0.3 is 0 Å². The van der Waals surface area contributed by atoms with E-state index in [9.17, 15) is 0 Å². The summed E-state index contributed by atoms with van der Waals surface area (Å²) >= 11 is 15.6. The quantitative estimate of drug-likeness (QED) is 0.429. The van der Waals surface area contributed by atoms with Gasteiger partial charge in [0.25, 0.3) is 0 Å². The lowest BCUT2D eigenvalue weighted by atomic mass is 9.98. The van der Waals surface area contributed by atoms with Gasteiger partial charge in [-0.3, -0.25) is 11.3 Å². The Labute approximate surface area is 136 Å². The molecular weight excluding hydrogens is 361 g/mol. The van der Waals surface area contributed by atoms with E-state index in [1.165, 1.54) is 0 Å². The van der Waals surface area contributed by atoms with Crippen molar-refractivity contribution >= 4 is 44.8 Å². The van der Waals surface area contributed by atoms with Gasteiger partial charge in [0.2, 0.25) is 0 Å². The predicted octanol–water partition coefficient (Wildman–Crippen LogP) is 4.09. The second kappa shape index (κ2) is 6.78. The van der Waals surface area contributed by atoms with Crippen LogP contribution in [0.4, 0.5) is 5.69 Å². The van der Waals surface area contributed by atoms with E-state index < -0.39 is 0 Å². The number of rotatable bonds is 4. The standard InChI is InChI=1S/C14H14BrCl2N3/c15-9-1-4-13(18)11(7-9)14(20-19)6-8-5-10(16)2-3-12(8)17/h1-5,7,14,20H,6,18-19H2. The lowest BCUT2D eigenvalue weighted by Gasteiger charge is -2.19. The molecule has 0 aliphatic rings. The molecule has 0 heterocycles. The molecule has 1 unspecified atom stereocenters. The molecule has 20 heavy (non-hydrogen) atoms. The van der Waals surface area contributed by atoms with Gasteiger partial charge in [-0.05, 0) is 53.9 Å². The minimum atomic E-state index is -0.150. The van der Waals surface area contributed by atoms with E-state index >= 15 is 0 Å². The first-order valence-electron chi connectivity index (χ1n) is 5.96. The van der Waals surface area contributed by atoms with E-state index in [1.807, 2.05) is 24.3 Å². The Hall–Kier alpha value is -0.780. The fraction of sp³-hybridized carbons (Fsp3) is 0.143. The molecule has 0 radical (unpaired) electrons. The first kappa shape index (κ1) is 15.6. The van der Waals surface area contributed by atoms with Crippen LogP contribution in [0, 0.1) is 0 Å². The lowest BCUT2D eigenvalue weighted by molar-refractivity contribution is 0.553. The van der Waals surface area contributed by atoms with Crippen LogP contribution >= 0.6 is 39.1 Å². The van der Waals surface area contributed by atoms with Gasteiger partial charge in [0.1, 0.15) is 0 Å². The Morgan fingerprint density at radius 3 is 2.60 bits per heavy atom. The summed E-state index contributed by atoms with van der Waals surface area (Å²) in [6.45, 7) is 0. The average molecular weight is 375 g/mol. The van der Waals surface area contributed by atoms with Crippen molar-refractivity contribution in [2.45, 2.75) is 12.5 Å². The third-order valence-electron chi connectivity index (χ3n) is 3.06. The highest BCUT2D eigenvalue weighted by atomic mass is 79.9. The van der Waals surface area contributed by atoms with Gasteiger partial charge in [-0.1, -0.05) is 39.1 Å². The highest BCUT2D eigenvalue weighted by Gasteiger charge is 2.16. The van der Waals surface area contributed by atoms with E-state index in [1.54, 1.807) is 12.1 Å². The summed E-state index contributed by atoms with van der Waals surface area (Å²) < 4.78 is 0.944. The van der Waals surface area contributed by atoms with E-state index in [0.717, 1.165) is 15.6 Å². The Bertz CT molecular complexity index is 619. The zero-order valence-electron chi connectivity index (χ0n) is 10.5. The van der Waals surface area contributed by atoms with Crippen LogP contribution in [-0.4, -0.2) is 0 Å². The maximum Gasteiger partial charge on any atom is 0.0521 e. The van der Waals surface area contributed by atoms with Crippen LogP contribution in [-0.2, 0) is 6.42 Å². The summed E-state index contributed by atoms with van der Waals surface area (Å²) in [5.41, 5.74) is 11.3. The molecule has 0 saturated carbocycles. The molecule has 0 bridgehead atoms. The van der Waals surface area contributed by atoms with E-state index in [2.05, 4.69) is 21.4 Å². The normalized spacial score (nSPS) is 12.4. The number of nitrogen functional groups attached to an aromatic ring is 1. The van der Waals surface area contributed by atoms with Crippen molar-refractivity contribution in [2.75, 3.05) is 5.73 Å². The molecule has 0 spiro atoms. The monoisotopic (exact) mass is 373 g/mol. The molecule has 0 saturated heterocycles. The zero-order chi connectivity index (χ0) is 14.7. The Morgan fingerprint density at radius 2 is 1.90 bits per heavy atom. The summed E-state index contributed by atoms with van der Waals surface area (Å²) in [4.78, 5) is 0. The van der Waals surface area contributed by atoms with Crippen molar-refractivity contribution in [1.82, 2.24) is 5.43 Å². The Balaban J connectivity index is 2.33. The maximum atomic E-state index is 6.19. The highest BCUT2D eigenvalue weighted by Crippen LogP contribution is 2.30. The molecule has 2 rings (SSSR count). The van der Waals surface area contributed by atoms with Crippen LogP contribution < -0.4 is 17.0 Å². The third-order valence-corrected chi connectivity index (χ3v) is 4.15. The second-order valence-corrected chi connectivity index (χ2v) is 6.19. The summed E-state index contributed by atoms with van der Waals surface area (Å²) in [6, 6.07) is 10.9. The fourth-order valence-electron chi connectivity index (χ4n) is 2.03. The van der Waals surface area contributed by atoms with Crippen molar-refractivity contribution in [1.29, 1.82) is 0 Å². The lowest BCUT2D eigenvalue weighted by Crippen LogP contribution is -2.30. The van der Waals surface area contributed by atoms with Gasteiger partial charge in [0.05, 0.1) is 6.04 Å². The largest absolute Gasteiger partial charge is 0.398 e. The number of nitrogens with two attached hydrogens (primary N) is 2. The molecule has 0 fully saturated rings. The zero-order valence-corrected chi connectivity index (χ0v) is 13.6. The molecule has 3 nitrogen and oxygen atoms in total. The van der Waals surface area contributed by atoms with E-state index in [-0.39, 0.29) is 6.04 Å². The van der Waals surface area contributed by atoms with Crippen LogP contribution in [0.2, 0.25) is 10.0 Å². The first-order chi connectivity index (χ1) is 9.51. The van der Waals surface area contributed by atoms with Crippen LogP contribution in [0.1, 0.15) is 17.2 Å². The number of hydrogen-bond acceptors (Lipinski definition) is 3. The van der Waals surface area contributed by atoms with Crippen LogP contribution in [0.25, 0.3) is 0 Å². The molecule has 0 aliphatic heterocycles. The predicted molar refractivity (Wildman–Crippen MR) is 88.8 cm³/mol. The van der Waals surface area contributed by atoms with Crippen molar-refractivity contribution in [3.8, 4) is 0 Å². The van der Waals surface area contributed by atoms with Crippen LogP contribution in [0.5, 0.6) is 0 Å². The Kier molecular flexibility index (Phi) is 5.29. The molecule has 106 valence electrons. The van der Waals surface area contributed by atoms with Crippen molar-refractivity contribution in [3.63, 3.8) is 0 Å². The van der Waals surface area contributed by atoms with Gasteiger partial charge in [-0.2, -0.15) is 0 Å². The summed E-state index contributed by atoms with van der Waals surface area (Å²) in [6.07, 6.45) is 0.594. The highest BCUT2D eigenvalue weighted by molar-refractivity contribution is 9.10. The third kappa shape index (κ3) is 3.65. The maximum absolute atomic E-state index is 6.19. The smallest absolute Gasteiger partial charge is 0.0521 e. The van der Waals surface area contributed by atoms with Crippen LogP contribution in [0.15, 0.2) is 40.9 Å². The van der Waals surface area contributed by atoms with Crippen LogP contribution in [0.3, 0.4) is 0 Å². The minimum Gasteiger partial charge on any atom is -0.398 e. The van der Waals surface area contributed by atoms with Crippen molar-refractivity contribution in [3.05, 3.63) is 62.0 Å². The SMILES string of the molecule is NNC(Cc1cc(Cl)ccc1Cl)c1cc(Br)ccc1N. The van der Waals surface area contributed by atoms with Gasteiger partial charge in [-0.15, -0.1) is 0 Å². The van der Waals surface area contributed by atoms with E-state index in [4.69, 9.17) is 34.8 Å². The molecule has 2 aromatic rings. The fourth-order valence-corrected chi connectivity index (χ4v) is 2.79. The molecule has 6 heteroatoms. The number of anilines is 1. The minimum absolute atomic E-state index is 0.150. The van der Waals surface area contributed by atoms with Crippen molar-refractivity contribution in [2.24, 2.45) is 5.84 Å². The summed E-state index contributed by atoms with van der Waals surface area (Å²) in [5, 5.41) is 1.30. The molecule has 0 amide bonds. The number of benzene rings is 2. The first-order valence-corrected chi connectivity index (χ1v) is 7.51. The van der Waals surface area contributed by atoms with Gasteiger partial charge in [0, 0.05) is 20.2 Å². The number of hydrazine groups is 1. The molecule has 0 aliphatic carbocycles. The van der Waals surface area contributed by atoms with Gasteiger partial charge in [-0.25, -0.2) is 0 Å². The summed E-state index contributed by atoms with van der Waals surface area (Å²) in [5.74, 6) is 5.66. The summed E-state index contributed by atoms with van der Waals surface area (Å²) in [7, 11) is 0.